The van der Waals surface area contributed by atoms with Gasteiger partial charge in [0.25, 0.3) is 0 Å². The third kappa shape index (κ3) is 3.56. The smallest absolute Gasteiger partial charge is 0.489 e. The second-order valence-corrected chi connectivity index (χ2v) is 4.87. The Morgan fingerprint density at radius 3 is 2.15 bits per heavy atom. The number of aryl methyl sites for hydroxylation is 2. The van der Waals surface area contributed by atoms with Crippen molar-refractivity contribution in [1.29, 1.82) is 0 Å². The first-order valence-corrected chi connectivity index (χ1v) is 6.35. The van der Waals surface area contributed by atoms with Gasteiger partial charge in [-0.1, -0.05) is 41.5 Å². The minimum Gasteiger partial charge on any atom is -0.489 e. The molecular weight excluding hydrogens is 264 g/mol. The molecule has 0 saturated carbocycles. The van der Waals surface area contributed by atoms with E-state index in [2.05, 4.69) is 0 Å². The molecule has 0 aromatic heterocycles. The maximum Gasteiger partial charge on any atom is 0.509 e. The molecule has 106 valence electrons. The van der Waals surface area contributed by atoms with E-state index in [1.165, 1.54) is 19.1 Å². The van der Waals surface area contributed by atoms with Crippen LogP contribution in [0.3, 0.4) is 0 Å². The lowest BCUT2D eigenvalue weighted by atomic mass is 9.77. The molecule has 5 heteroatoms. The van der Waals surface area contributed by atoms with Crippen LogP contribution in [-0.2, 0) is 6.61 Å². The van der Waals surface area contributed by atoms with E-state index >= 15 is 0 Å². The van der Waals surface area contributed by atoms with Gasteiger partial charge in [-0.3, -0.25) is 0 Å². The molecule has 20 heavy (non-hydrogen) atoms. The van der Waals surface area contributed by atoms with Gasteiger partial charge in [0, 0.05) is 0 Å². The van der Waals surface area contributed by atoms with Crippen LogP contribution in [0, 0.1) is 13.8 Å². The molecule has 0 heterocycles. The van der Waals surface area contributed by atoms with Crippen molar-refractivity contribution in [3.05, 3.63) is 59.2 Å². The second-order valence-electron chi connectivity index (χ2n) is 4.87. The monoisotopic (exact) mass is 279 g/mol. The summed E-state index contributed by atoms with van der Waals surface area (Å²) >= 11 is 0. The van der Waals surface area contributed by atoms with Gasteiger partial charge < -0.3 is 17.7 Å². The molecule has 2 rings (SSSR count). The molecule has 0 fully saturated rings. The molecule has 0 saturated heterocycles. The van der Waals surface area contributed by atoms with E-state index in [4.69, 9.17) is 4.74 Å². The summed E-state index contributed by atoms with van der Waals surface area (Å²) in [6.45, 7) is -1.18. The molecule has 0 aliphatic carbocycles. The van der Waals surface area contributed by atoms with E-state index in [0.717, 1.165) is 17.2 Å². The fraction of sp³-hybridized carbons (Fsp3) is 0.200. The zero-order valence-electron chi connectivity index (χ0n) is 11.4. The van der Waals surface area contributed by atoms with Gasteiger partial charge in [0.05, 0.1) is 0 Å². The Bertz CT molecular complexity index is 591. The first-order valence-electron chi connectivity index (χ1n) is 6.35. The molecule has 0 radical (unpaired) electrons. The molecule has 0 unspecified atom stereocenters. The lowest BCUT2D eigenvalue weighted by Gasteiger charge is -2.18. The van der Waals surface area contributed by atoms with Gasteiger partial charge in [-0.25, -0.2) is 0 Å². The quantitative estimate of drug-likeness (QED) is 0.770. The minimum atomic E-state index is -4.96. The first-order chi connectivity index (χ1) is 9.36. The van der Waals surface area contributed by atoms with E-state index in [1.807, 2.05) is 31.2 Å². The number of benzene rings is 2. The van der Waals surface area contributed by atoms with Gasteiger partial charge in [-0.05, 0) is 31.5 Å². The van der Waals surface area contributed by atoms with Crippen molar-refractivity contribution < 1.29 is 17.7 Å². The fourth-order valence-corrected chi connectivity index (χ4v) is 1.96. The van der Waals surface area contributed by atoms with Crippen molar-refractivity contribution in [2.45, 2.75) is 20.5 Å². The second kappa shape index (κ2) is 5.61. The van der Waals surface area contributed by atoms with E-state index < -0.39 is 12.4 Å². The van der Waals surface area contributed by atoms with E-state index in [1.54, 1.807) is 0 Å². The normalized spacial score (nSPS) is 11.4. The molecule has 0 aliphatic heterocycles. The van der Waals surface area contributed by atoms with Crippen LogP contribution in [0.5, 0.6) is 5.75 Å². The van der Waals surface area contributed by atoms with E-state index in [0.29, 0.717) is 12.4 Å². The van der Waals surface area contributed by atoms with Gasteiger partial charge in [-0.2, -0.15) is 0 Å². The first kappa shape index (κ1) is 14.5. The Morgan fingerprint density at radius 1 is 0.950 bits per heavy atom. The lowest BCUT2D eigenvalue weighted by Crippen LogP contribution is -2.35. The average molecular weight is 279 g/mol. The zero-order valence-corrected chi connectivity index (χ0v) is 11.4. The maximum atomic E-state index is 12.7. The third-order valence-electron chi connectivity index (χ3n) is 3.12. The molecule has 2 aromatic rings. The topological polar surface area (TPSA) is 9.23 Å². The third-order valence-corrected chi connectivity index (χ3v) is 3.12. The van der Waals surface area contributed by atoms with Crippen LogP contribution >= 0.6 is 0 Å². The highest BCUT2D eigenvalue weighted by Gasteiger charge is 2.27. The summed E-state index contributed by atoms with van der Waals surface area (Å²) in [5.74, 6) is 0.451. The average Bonchev–Trinajstić information content (AvgIpc) is 2.36. The Hall–Kier alpha value is -1.91. The highest BCUT2D eigenvalue weighted by molar-refractivity contribution is 6.74. The molecule has 0 N–H and O–H groups in total. The predicted molar refractivity (Wildman–Crippen MR) is 75.4 cm³/mol. The van der Waals surface area contributed by atoms with Crippen LogP contribution in [0.25, 0.3) is 0 Å². The van der Waals surface area contributed by atoms with Crippen LogP contribution in [0.15, 0.2) is 42.5 Å². The van der Waals surface area contributed by atoms with Crippen molar-refractivity contribution in [2.24, 2.45) is 0 Å². The Labute approximate surface area is 116 Å². The van der Waals surface area contributed by atoms with Crippen molar-refractivity contribution in [1.82, 2.24) is 0 Å². The highest BCUT2D eigenvalue weighted by Crippen LogP contribution is 2.18. The minimum absolute atomic E-state index is 0.193. The van der Waals surface area contributed by atoms with Crippen LogP contribution in [-0.4, -0.2) is 6.98 Å². The number of ether oxygens (including phenoxy) is 1. The van der Waals surface area contributed by atoms with Crippen molar-refractivity contribution >= 4 is 12.4 Å². The number of halogens is 3. The maximum absolute atomic E-state index is 12.7. The fourth-order valence-electron chi connectivity index (χ4n) is 1.96. The Morgan fingerprint density at radius 2 is 1.60 bits per heavy atom. The number of hydrogen-bond acceptors (Lipinski definition) is 1. The summed E-state index contributed by atoms with van der Waals surface area (Å²) in [6.07, 6.45) is 0. The molecule has 0 atom stereocenters. The van der Waals surface area contributed by atoms with Crippen molar-refractivity contribution in [3.63, 3.8) is 0 Å². The van der Waals surface area contributed by atoms with Crippen molar-refractivity contribution in [3.8, 4) is 5.75 Å². The largest absolute Gasteiger partial charge is 0.509 e. The van der Waals surface area contributed by atoms with Crippen LogP contribution < -0.4 is 10.2 Å². The molecule has 0 aliphatic rings. The Balaban J connectivity index is 2.07. The van der Waals surface area contributed by atoms with Gasteiger partial charge in [0.2, 0.25) is 0 Å². The number of hydrogen-bond donors (Lipinski definition) is 0. The molecule has 0 spiro atoms. The SMILES string of the molecule is Cc1ccc(COc2ccc([B-](F)(F)F)c(C)c2)cc1. The molecule has 1 nitrogen and oxygen atoms in total. The summed E-state index contributed by atoms with van der Waals surface area (Å²) < 4.78 is 43.6. The summed E-state index contributed by atoms with van der Waals surface area (Å²) in [6, 6.07) is 11.7. The van der Waals surface area contributed by atoms with Crippen molar-refractivity contribution in [2.75, 3.05) is 0 Å². The number of rotatable bonds is 4. The predicted octanol–water partition coefficient (Wildman–Crippen LogP) is 3.94. The summed E-state index contributed by atoms with van der Waals surface area (Å²) in [4.78, 5) is 0. The van der Waals surface area contributed by atoms with Crippen LogP contribution in [0.1, 0.15) is 16.7 Å². The Kier molecular flexibility index (Phi) is 4.07. The highest BCUT2D eigenvalue weighted by atomic mass is 19.4. The van der Waals surface area contributed by atoms with E-state index in [-0.39, 0.29) is 5.56 Å². The standard InChI is InChI=1S/C15H15BF3O/c1-11-3-5-13(6-4-11)10-20-14-7-8-15(12(2)9-14)16(17,18)19/h3-9H,10H2,1-2H3/q-1. The summed E-state index contributed by atoms with van der Waals surface area (Å²) in [5.41, 5.74) is 1.77. The van der Waals surface area contributed by atoms with Gasteiger partial charge in [0.1, 0.15) is 12.4 Å². The summed E-state index contributed by atoms with van der Waals surface area (Å²) in [7, 11) is 0. The molecule has 0 bridgehead atoms. The van der Waals surface area contributed by atoms with Gasteiger partial charge in [-0.15, -0.1) is 5.46 Å². The van der Waals surface area contributed by atoms with Crippen LogP contribution in [0.2, 0.25) is 0 Å². The molecular formula is C15H15BF3O-. The molecule has 0 amide bonds. The lowest BCUT2D eigenvalue weighted by molar-refractivity contribution is 0.306. The van der Waals surface area contributed by atoms with E-state index in [9.17, 15) is 12.9 Å². The molecule has 2 aromatic carbocycles. The zero-order chi connectivity index (χ0) is 14.8. The summed E-state index contributed by atoms with van der Waals surface area (Å²) in [5, 5.41) is 0. The van der Waals surface area contributed by atoms with Gasteiger partial charge >= 0.3 is 6.98 Å². The van der Waals surface area contributed by atoms with Gasteiger partial charge in [0.15, 0.2) is 0 Å². The van der Waals surface area contributed by atoms with Crippen LogP contribution in [0.4, 0.5) is 12.9 Å².